The maximum atomic E-state index is 12.9. The molecule has 1 fully saturated rings. The number of hydrogen-bond acceptors (Lipinski definition) is 2. The Morgan fingerprint density at radius 3 is 2.67 bits per heavy atom. The maximum Gasteiger partial charge on any atom is 0.416 e. The fourth-order valence-corrected chi connectivity index (χ4v) is 2.44. The van der Waals surface area contributed by atoms with Gasteiger partial charge in [-0.3, -0.25) is 4.90 Å². The van der Waals surface area contributed by atoms with Gasteiger partial charge in [-0.1, -0.05) is 6.07 Å². The molecule has 1 aliphatic rings. The molecule has 0 aliphatic carbocycles. The molecule has 0 spiro atoms. The van der Waals surface area contributed by atoms with Crippen molar-refractivity contribution in [1.82, 2.24) is 4.90 Å². The van der Waals surface area contributed by atoms with Gasteiger partial charge in [0, 0.05) is 18.3 Å². The summed E-state index contributed by atoms with van der Waals surface area (Å²) in [6, 6.07) is 4.40. The van der Waals surface area contributed by atoms with Crippen LogP contribution in [-0.4, -0.2) is 17.5 Å². The summed E-state index contributed by atoms with van der Waals surface area (Å²) in [5.41, 5.74) is 5.30. The van der Waals surface area contributed by atoms with Crippen LogP contribution in [-0.2, 0) is 12.7 Å². The van der Waals surface area contributed by atoms with E-state index in [1.807, 2.05) is 0 Å². The number of likely N-dealkylation sites (tertiary alicyclic amines) is 1. The van der Waals surface area contributed by atoms with E-state index in [0.717, 1.165) is 25.5 Å². The van der Waals surface area contributed by atoms with E-state index in [0.29, 0.717) is 18.2 Å². The van der Waals surface area contributed by atoms with Gasteiger partial charge in [-0.2, -0.15) is 13.2 Å². The van der Waals surface area contributed by atoms with Gasteiger partial charge in [0.2, 0.25) is 0 Å². The fourth-order valence-electron chi connectivity index (χ4n) is 2.44. The van der Waals surface area contributed by atoms with Crippen molar-refractivity contribution in [3.8, 4) is 0 Å². The molecule has 0 aromatic heterocycles. The molecule has 1 unspecified atom stereocenters. The normalized spacial score (nSPS) is 21.4. The summed E-state index contributed by atoms with van der Waals surface area (Å²) in [4.78, 5) is 2.08. The smallest absolute Gasteiger partial charge is 0.399 e. The molecule has 0 bridgehead atoms. The third kappa shape index (κ3) is 2.77. The Kier molecular flexibility index (Phi) is 3.52. The number of nitrogens with two attached hydrogens (primary N) is 1. The predicted octanol–water partition coefficient (Wildman–Crippen LogP) is 3.27. The minimum Gasteiger partial charge on any atom is -0.399 e. The molecule has 0 radical (unpaired) electrons. The van der Waals surface area contributed by atoms with E-state index >= 15 is 0 Å². The van der Waals surface area contributed by atoms with Crippen LogP contribution in [0.25, 0.3) is 0 Å². The highest BCUT2D eigenvalue weighted by Crippen LogP contribution is 2.34. The van der Waals surface area contributed by atoms with Crippen LogP contribution in [0.5, 0.6) is 0 Å². The molecule has 0 amide bonds. The summed E-state index contributed by atoms with van der Waals surface area (Å²) < 4.78 is 38.8. The van der Waals surface area contributed by atoms with Gasteiger partial charge in [0.1, 0.15) is 0 Å². The first-order valence-electron chi connectivity index (χ1n) is 6.07. The summed E-state index contributed by atoms with van der Waals surface area (Å²) in [5, 5.41) is 0. The van der Waals surface area contributed by atoms with Gasteiger partial charge < -0.3 is 5.73 Å². The molecule has 2 nitrogen and oxygen atoms in total. The zero-order valence-electron chi connectivity index (χ0n) is 10.3. The van der Waals surface area contributed by atoms with Gasteiger partial charge in [0.25, 0.3) is 0 Å². The summed E-state index contributed by atoms with van der Waals surface area (Å²) in [6.45, 7) is 3.26. The highest BCUT2D eigenvalue weighted by Gasteiger charge is 2.34. The Balaban J connectivity index is 2.27. The zero-order valence-corrected chi connectivity index (χ0v) is 10.3. The molecule has 18 heavy (non-hydrogen) atoms. The van der Waals surface area contributed by atoms with E-state index in [1.54, 1.807) is 0 Å². The second-order valence-corrected chi connectivity index (χ2v) is 4.88. The zero-order chi connectivity index (χ0) is 13.3. The lowest BCUT2D eigenvalue weighted by molar-refractivity contribution is -0.138. The molecule has 1 aromatic carbocycles. The summed E-state index contributed by atoms with van der Waals surface area (Å²) in [6.07, 6.45) is -2.23. The molecule has 1 aliphatic heterocycles. The number of rotatable bonds is 2. The number of nitrogens with zero attached hydrogens (tertiary/aromatic N) is 1. The Hall–Kier alpha value is -1.23. The van der Waals surface area contributed by atoms with Gasteiger partial charge >= 0.3 is 6.18 Å². The first-order chi connectivity index (χ1) is 8.38. The summed E-state index contributed by atoms with van der Waals surface area (Å²) in [7, 11) is 0. The summed E-state index contributed by atoms with van der Waals surface area (Å²) in [5.74, 6) is 0. The van der Waals surface area contributed by atoms with Crippen molar-refractivity contribution < 1.29 is 13.2 Å². The Bertz CT molecular complexity index is 429. The van der Waals surface area contributed by atoms with Gasteiger partial charge in [0.15, 0.2) is 0 Å². The van der Waals surface area contributed by atoms with Gasteiger partial charge in [0.05, 0.1) is 5.56 Å². The molecular formula is C13H17F3N2. The monoisotopic (exact) mass is 258 g/mol. The van der Waals surface area contributed by atoms with Crippen LogP contribution < -0.4 is 5.73 Å². The van der Waals surface area contributed by atoms with Crippen molar-refractivity contribution in [2.45, 2.75) is 38.5 Å². The van der Waals surface area contributed by atoms with Crippen LogP contribution in [0.4, 0.5) is 18.9 Å². The fraction of sp³-hybridized carbons (Fsp3) is 0.538. The highest BCUT2D eigenvalue weighted by molar-refractivity contribution is 5.46. The number of hydrogen-bond donors (Lipinski definition) is 1. The minimum atomic E-state index is -4.34. The van der Waals surface area contributed by atoms with Crippen LogP contribution in [0.2, 0.25) is 0 Å². The average molecular weight is 258 g/mol. The van der Waals surface area contributed by atoms with Crippen LogP contribution in [0.15, 0.2) is 18.2 Å². The number of anilines is 1. The van der Waals surface area contributed by atoms with E-state index < -0.39 is 11.7 Å². The molecular weight excluding hydrogens is 241 g/mol. The van der Waals surface area contributed by atoms with Crippen molar-refractivity contribution in [2.75, 3.05) is 12.3 Å². The Labute approximate surface area is 105 Å². The number of halogens is 3. The first-order valence-corrected chi connectivity index (χ1v) is 6.07. The largest absolute Gasteiger partial charge is 0.416 e. The second kappa shape index (κ2) is 4.80. The molecule has 5 heteroatoms. The van der Waals surface area contributed by atoms with Gasteiger partial charge in [-0.15, -0.1) is 0 Å². The average Bonchev–Trinajstić information content (AvgIpc) is 2.66. The van der Waals surface area contributed by atoms with E-state index in [-0.39, 0.29) is 5.69 Å². The van der Waals surface area contributed by atoms with Crippen molar-refractivity contribution >= 4 is 5.69 Å². The molecule has 1 atom stereocenters. The van der Waals surface area contributed by atoms with Crippen molar-refractivity contribution in [2.24, 2.45) is 0 Å². The first kappa shape index (κ1) is 13.2. The molecule has 2 rings (SSSR count). The van der Waals surface area contributed by atoms with E-state index in [1.165, 1.54) is 12.1 Å². The second-order valence-electron chi connectivity index (χ2n) is 4.88. The quantitative estimate of drug-likeness (QED) is 0.825. The Morgan fingerprint density at radius 1 is 1.39 bits per heavy atom. The molecule has 1 heterocycles. The predicted molar refractivity (Wildman–Crippen MR) is 65.0 cm³/mol. The van der Waals surface area contributed by atoms with Crippen LogP contribution in [0.3, 0.4) is 0 Å². The maximum absolute atomic E-state index is 12.9. The Morgan fingerprint density at radius 2 is 2.11 bits per heavy atom. The SMILES string of the molecule is CC1CCCN1Cc1ccc(N)cc1C(F)(F)F. The highest BCUT2D eigenvalue weighted by atomic mass is 19.4. The number of alkyl halides is 3. The van der Waals surface area contributed by atoms with E-state index in [9.17, 15) is 13.2 Å². The lowest BCUT2D eigenvalue weighted by Gasteiger charge is -2.23. The van der Waals surface area contributed by atoms with Crippen LogP contribution in [0.1, 0.15) is 30.9 Å². The minimum absolute atomic E-state index is 0.153. The van der Waals surface area contributed by atoms with E-state index in [4.69, 9.17) is 5.73 Å². The van der Waals surface area contributed by atoms with Crippen LogP contribution in [0, 0.1) is 0 Å². The topological polar surface area (TPSA) is 29.3 Å². The molecule has 1 aromatic rings. The van der Waals surface area contributed by atoms with Crippen molar-refractivity contribution in [1.29, 1.82) is 0 Å². The molecule has 100 valence electrons. The lowest BCUT2D eigenvalue weighted by Crippen LogP contribution is -2.27. The van der Waals surface area contributed by atoms with Gasteiger partial charge in [-0.05, 0) is 44.0 Å². The lowest BCUT2D eigenvalue weighted by atomic mass is 10.1. The van der Waals surface area contributed by atoms with Gasteiger partial charge in [-0.25, -0.2) is 0 Å². The van der Waals surface area contributed by atoms with Crippen LogP contribution >= 0.6 is 0 Å². The molecule has 1 saturated heterocycles. The van der Waals surface area contributed by atoms with Crippen molar-refractivity contribution in [3.63, 3.8) is 0 Å². The third-order valence-corrected chi connectivity index (χ3v) is 3.50. The van der Waals surface area contributed by atoms with E-state index in [2.05, 4.69) is 11.8 Å². The summed E-state index contributed by atoms with van der Waals surface area (Å²) >= 11 is 0. The third-order valence-electron chi connectivity index (χ3n) is 3.50. The number of nitrogen functional groups attached to an aromatic ring is 1. The van der Waals surface area contributed by atoms with Crippen molar-refractivity contribution in [3.05, 3.63) is 29.3 Å². The molecule has 0 saturated carbocycles. The molecule has 2 N–H and O–H groups in total. The standard InChI is InChI=1S/C13H17F3N2/c1-9-3-2-6-18(9)8-10-4-5-11(17)7-12(10)13(14,15)16/h4-5,7,9H,2-3,6,8,17H2,1H3. The number of benzene rings is 1.